The molecule has 5 heteroatoms. The fraction of sp³-hybridized carbons (Fsp3) is 0.231. The van der Waals surface area contributed by atoms with Gasteiger partial charge in [-0.1, -0.05) is 18.2 Å². The number of benzene rings is 1. The minimum atomic E-state index is -0.291. The third-order valence-corrected chi connectivity index (χ3v) is 2.46. The smallest absolute Gasteiger partial charge is 0.309 e. The van der Waals surface area contributed by atoms with E-state index in [1.165, 1.54) is 7.11 Å². The van der Waals surface area contributed by atoms with Crippen molar-refractivity contribution in [2.24, 2.45) is 0 Å². The predicted octanol–water partition coefficient (Wildman–Crippen LogP) is 1.59. The Balaban J connectivity index is 2.09. The summed E-state index contributed by atoms with van der Waals surface area (Å²) in [5, 5.41) is 2.72. The molecule has 0 bridgehead atoms. The summed E-state index contributed by atoms with van der Waals surface area (Å²) in [6.45, 7) is 0.0462. The van der Waals surface area contributed by atoms with Crippen LogP contribution in [-0.4, -0.2) is 25.6 Å². The maximum Gasteiger partial charge on any atom is 0.309 e. The summed E-state index contributed by atoms with van der Waals surface area (Å²) in [6.07, 6.45) is 3.72. The normalized spacial score (nSPS) is 13.7. The second kappa shape index (κ2) is 5.35. The van der Waals surface area contributed by atoms with Gasteiger partial charge in [0.1, 0.15) is 5.75 Å². The van der Waals surface area contributed by atoms with Crippen LogP contribution in [0.25, 0.3) is 6.08 Å². The van der Waals surface area contributed by atoms with Crippen LogP contribution in [0, 0.1) is 0 Å². The van der Waals surface area contributed by atoms with Crippen LogP contribution in [-0.2, 0) is 14.3 Å². The van der Waals surface area contributed by atoms with Gasteiger partial charge in [-0.05, 0) is 17.7 Å². The van der Waals surface area contributed by atoms with E-state index in [-0.39, 0.29) is 24.9 Å². The fourth-order valence-electron chi connectivity index (χ4n) is 1.58. The number of hydrogen-bond donors (Lipinski definition) is 1. The van der Waals surface area contributed by atoms with Gasteiger partial charge in [-0.3, -0.25) is 9.59 Å². The summed E-state index contributed by atoms with van der Waals surface area (Å²) in [5.41, 5.74) is 1.52. The lowest BCUT2D eigenvalue weighted by Crippen LogP contribution is -2.25. The van der Waals surface area contributed by atoms with Crippen molar-refractivity contribution in [3.8, 4) is 5.75 Å². The Bertz CT molecular complexity index is 508. The van der Waals surface area contributed by atoms with Crippen LogP contribution in [0.3, 0.4) is 0 Å². The summed E-state index contributed by atoms with van der Waals surface area (Å²) < 4.78 is 9.77. The molecule has 0 unspecified atom stereocenters. The molecule has 0 aliphatic carbocycles. The number of esters is 1. The first-order valence-corrected chi connectivity index (χ1v) is 5.49. The molecule has 5 nitrogen and oxygen atoms in total. The van der Waals surface area contributed by atoms with E-state index in [2.05, 4.69) is 10.1 Å². The predicted molar refractivity (Wildman–Crippen MR) is 66.2 cm³/mol. The standard InChI is InChI=1S/C13H13NO4/c1-17-13(16)4-2-3-9-5-6-11-10(7-9)14-12(15)8-18-11/h2-3,5-7H,4,8H2,1H3,(H,14,15). The van der Waals surface area contributed by atoms with Gasteiger partial charge in [-0.2, -0.15) is 0 Å². The summed E-state index contributed by atoms with van der Waals surface area (Å²) in [6, 6.07) is 5.43. The maximum atomic E-state index is 11.2. The van der Waals surface area contributed by atoms with Gasteiger partial charge in [0.05, 0.1) is 19.2 Å². The highest BCUT2D eigenvalue weighted by atomic mass is 16.5. The van der Waals surface area contributed by atoms with E-state index in [9.17, 15) is 9.59 Å². The van der Waals surface area contributed by atoms with Crippen LogP contribution in [0.4, 0.5) is 5.69 Å². The number of hydrogen-bond acceptors (Lipinski definition) is 4. The topological polar surface area (TPSA) is 64.6 Å². The molecule has 1 aromatic carbocycles. The van der Waals surface area contributed by atoms with Crippen molar-refractivity contribution in [3.05, 3.63) is 29.8 Å². The van der Waals surface area contributed by atoms with E-state index in [0.717, 1.165) is 5.56 Å². The maximum absolute atomic E-state index is 11.2. The number of ether oxygens (including phenoxy) is 2. The minimum Gasteiger partial charge on any atom is -0.482 e. The molecule has 1 heterocycles. The van der Waals surface area contributed by atoms with Gasteiger partial charge in [0.25, 0.3) is 5.91 Å². The lowest BCUT2D eigenvalue weighted by Gasteiger charge is -2.17. The van der Waals surface area contributed by atoms with E-state index < -0.39 is 0 Å². The monoisotopic (exact) mass is 247 g/mol. The number of fused-ring (bicyclic) bond motifs is 1. The van der Waals surface area contributed by atoms with Crippen LogP contribution < -0.4 is 10.1 Å². The molecule has 0 saturated heterocycles. The van der Waals surface area contributed by atoms with Crippen molar-refractivity contribution in [1.29, 1.82) is 0 Å². The molecule has 1 aliphatic rings. The van der Waals surface area contributed by atoms with Crippen molar-refractivity contribution >= 4 is 23.6 Å². The molecule has 1 N–H and O–H groups in total. The molecule has 0 radical (unpaired) electrons. The highest BCUT2D eigenvalue weighted by molar-refractivity contribution is 5.95. The molecular weight excluding hydrogens is 234 g/mol. The largest absolute Gasteiger partial charge is 0.482 e. The van der Waals surface area contributed by atoms with Gasteiger partial charge in [-0.25, -0.2) is 0 Å². The first-order chi connectivity index (χ1) is 8.69. The zero-order chi connectivity index (χ0) is 13.0. The van der Waals surface area contributed by atoms with Crippen molar-refractivity contribution < 1.29 is 19.1 Å². The highest BCUT2D eigenvalue weighted by Gasteiger charge is 2.15. The van der Waals surface area contributed by atoms with E-state index in [1.807, 2.05) is 6.07 Å². The molecule has 18 heavy (non-hydrogen) atoms. The molecule has 0 aromatic heterocycles. The molecular formula is C13H13NO4. The van der Waals surface area contributed by atoms with Crippen molar-refractivity contribution in [2.75, 3.05) is 19.0 Å². The van der Waals surface area contributed by atoms with Gasteiger partial charge in [0.15, 0.2) is 6.61 Å². The number of methoxy groups -OCH3 is 1. The van der Waals surface area contributed by atoms with Gasteiger partial charge in [0, 0.05) is 0 Å². The third kappa shape index (κ3) is 2.88. The Hall–Kier alpha value is -2.30. The Morgan fingerprint density at radius 3 is 3.17 bits per heavy atom. The van der Waals surface area contributed by atoms with Gasteiger partial charge < -0.3 is 14.8 Å². The van der Waals surface area contributed by atoms with Crippen molar-refractivity contribution in [1.82, 2.24) is 0 Å². The molecule has 0 saturated carbocycles. The highest BCUT2D eigenvalue weighted by Crippen LogP contribution is 2.28. The molecule has 94 valence electrons. The second-order valence-corrected chi connectivity index (χ2v) is 3.78. The summed E-state index contributed by atoms with van der Waals surface area (Å²) in [5.74, 6) is 0.193. The lowest BCUT2D eigenvalue weighted by molar-refractivity contribution is -0.139. The zero-order valence-corrected chi connectivity index (χ0v) is 9.93. The van der Waals surface area contributed by atoms with Gasteiger partial charge in [0.2, 0.25) is 0 Å². The Morgan fingerprint density at radius 2 is 2.39 bits per heavy atom. The Labute approximate surface area is 104 Å². The van der Waals surface area contributed by atoms with Gasteiger partial charge in [-0.15, -0.1) is 0 Å². The SMILES string of the molecule is COC(=O)CC=Cc1ccc2c(c1)NC(=O)CO2. The second-order valence-electron chi connectivity index (χ2n) is 3.78. The number of carbonyl (C=O) groups excluding carboxylic acids is 2. The average Bonchev–Trinajstić information content (AvgIpc) is 2.38. The number of rotatable bonds is 3. The quantitative estimate of drug-likeness (QED) is 0.824. The number of nitrogens with one attached hydrogen (secondary N) is 1. The molecule has 2 rings (SSSR count). The van der Waals surface area contributed by atoms with Crippen LogP contribution in [0.15, 0.2) is 24.3 Å². The average molecular weight is 247 g/mol. The van der Waals surface area contributed by atoms with Crippen molar-refractivity contribution in [2.45, 2.75) is 6.42 Å². The minimum absolute atomic E-state index is 0.0462. The van der Waals surface area contributed by atoms with Crippen LogP contribution in [0.1, 0.15) is 12.0 Å². The Kier molecular flexibility index (Phi) is 3.62. The van der Waals surface area contributed by atoms with Crippen LogP contribution in [0.5, 0.6) is 5.75 Å². The molecule has 0 fully saturated rings. The van der Waals surface area contributed by atoms with Crippen LogP contribution in [0.2, 0.25) is 0 Å². The van der Waals surface area contributed by atoms with E-state index in [4.69, 9.17) is 4.74 Å². The summed E-state index contributed by atoms with van der Waals surface area (Å²) in [7, 11) is 1.35. The van der Waals surface area contributed by atoms with Crippen molar-refractivity contribution in [3.63, 3.8) is 0 Å². The lowest BCUT2D eigenvalue weighted by atomic mass is 10.1. The molecule has 0 atom stereocenters. The molecule has 0 spiro atoms. The van der Waals surface area contributed by atoms with E-state index in [1.54, 1.807) is 24.3 Å². The fourth-order valence-corrected chi connectivity index (χ4v) is 1.58. The van der Waals surface area contributed by atoms with Gasteiger partial charge >= 0.3 is 5.97 Å². The van der Waals surface area contributed by atoms with E-state index in [0.29, 0.717) is 11.4 Å². The van der Waals surface area contributed by atoms with Crippen LogP contribution >= 0.6 is 0 Å². The number of anilines is 1. The molecule has 1 aromatic rings. The molecule has 1 amide bonds. The summed E-state index contributed by atoms with van der Waals surface area (Å²) >= 11 is 0. The number of carbonyl (C=O) groups is 2. The molecule has 1 aliphatic heterocycles. The Morgan fingerprint density at radius 1 is 1.56 bits per heavy atom. The summed E-state index contributed by atoms with van der Waals surface area (Å²) in [4.78, 5) is 22.1. The third-order valence-electron chi connectivity index (χ3n) is 2.46. The first-order valence-electron chi connectivity index (χ1n) is 5.49. The first kappa shape index (κ1) is 12.2. The van der Waals surface area contributed by atoms with E-state index >= 15 is 0 Å². The zero-order valence-electron chi connectivity index (χ0n) is 9.93. The number of amides is 1.